The third-order valence-corrected chi connectivity index (χ3v) is 8.25. The van der Waals surface area contributed by atoms with Gasteiger partial charge in [0.05, 0.1) is 6.10 Å². The van der Waals surface area contributed by atoms with E-state index in [1.54, 1.807) is 5.57 Å². The maximum atomic E-state index is 5.66. The van der Waals surface area contributed by atoms with Crippen LogP contribution in [0.1, 0.15) is 79.1 Å². The third kappa shape index (κ3) is 2.92. The molecule has 0 saturated heterocycles. The second kappa shape index (κ2) is 6.90. The minimum absolute atomic E-state index is 0.427. The first-order valence-electron chi connectivity index (χ1n) is 10.2. The van der Waals surface area contributed by atoms with E-state index in [4.69, 9.17) is 4.74 Å². The van der Waals surface area contributed by atoms with E-state index < -0.39 is 0 Å². The van der Waals surface area contributed by atoms with Crippen LogP contribution in [0.25, 0.3) is 0 Å². The van der Waals surface area contributed by atoms with Crippen LogP contribution in [-0.4, -0.2) is 13.2 Å². The largest absolute Gasteiger partial charge is 0.382 e. The van der Waals surface area contributed by atoms with Crippen LogP contribution in [0.15, 0.2) is 11.6 Å². The highest BCUT2D eigenvalue weighted by molar-refractivity contribution is 5.22. The number of methoxy groups -OCH3 is 1. The average Bonchev–Trinajstić information content (AvgIpc) is 2.91. The number of allylic oxidation sites excluding steroid dienone is 2. The van der Waals surface area contributed by atoms with Crippen LogP contribution in [0.3, 0.4) is 0 Å². The fraction of sp³-hybridized carbons (Fsp3) is 0.909. The maximum Gasteiger partial charge on any atom is 0.0546 e. The Morgan fingerprint density at radius 1 is 1.22 bits per heavy atom. The number of rotatable bonds is 4. The molecular formula is C22H38O. The molecule has 0 amide bonds. The summed E-state index contributed by atoms with van der Waals surface area (Å²) in [6, 6.07) is 0. The lowest BCUT2D eigenvalue weighted by atomic mass is 9.51. The molecule has 3 fully saturated rings. The molecule has 0 bridgehead atoms. The highest BCUT2D eigenvalue weighted by Crippen LogP contribution is 2.63. The zero-order valence-corrected chi connectivity index (χ0v) is 16.1. The van der Waals surface area contributed by atoms with Crippen LogP contribution in [0.5, 0.6) is 0 Å². The molecule has 3 aliphatic carbocycles. The van der Waals surface area contributed by atoms with Crippen molar-refractivity contribution >= 4 is 0 Å². The minimum Gasteiger partial charge on any atom is -0.382 e. The smallest absolute Gasteiger partial charge is 0.0546 e. The average molecular weight is 319 g/mol. The van der Waals surface area contributed by atoms with Crippen molar-refractivity contribution in [2.45, 2.75) is 85.2 Å². The van der Waals surface area contributed by atoms with Gasteiger partial charge in [-0.2, -0.15) is 0 Å². The number of hydrogen-bond acceptors (Lipinski definition) is 1. The van der Waals surface area contributed by atoms with Gasteiger partial charge < -0.3 is 4.74 Å². The number of hydrogen-bond donors (Lipinski definition) is 0. The highest BCUT2D eigenvalue weighted by atomic mass is 16.5. The molecule has 1 heteroatoms. The molecule has 0 N–H and O–H groups in total. The zero-order chi connectivity index (χ0) is 16.6. The van der Waals surface area contributed by atoms with Crippen LogP contribution in [0, 0.1) is 35.0 Å². The van der Waals surface area contributed by atoms with Gasteiger partial charge in [0, 0.05) is 7.11 Å². The first-order valence-corrected chi connectivity index (χ1v) is 10.2. The molecule has 0 aliphatic heterocycles. The second-order valence-corrected chi connectivity index (χ2v) is 8.93. The Balaban J connectivity index is 1.82. The van der Waals surface area contributed by atoms with Gasteiger partial charge in [-0.25, -0.2) is 0 Å². The summed E-state index contributed by atoms with van der Waals surface area (Å²) in [7, 11) is 1.89. The summed E-state index contributed by atoms with van der Waals surface area (Å²) >= 11 is 0. The van der Waals surface area contributed by atoms with Gasteiger partial charge in [0.2, 0.25) is 0 Å². The molecule has 0 heterocycles. The summed E-state index contributed by atoms with van der Waals surface area (Å²) in [5, 5.41) is 0. The van der Waals surface area contributed by atoms with E-state index in [0.717, 1.165) is 29.6 Å². The molecule has 23 heavy (non-hydrogen) atoms. The van der Waals surface area contributed by atoms with Gasteiger partial charge in [0.15, 0.2) is 0 Å². The Morgan fingerprint density at radius 3 is 2.65 bits per heavy atom. The molecule has 0 aromatic rings. The third-order valence-electron chi connectivity index (χ3n) is 8.25. The Morgan fingerprint density at radius 2 is 2.00 bits per heavy atom. The van der Waals surface area contributed by atoms with Crippen molar-refractivity contribution in [1.29, 1.82) is 0 Å². The number of ether oxygens (including phenoxy) is 1. The summed E-state index contributed by atoms with van der Waals surface area (Å²) < 4.78 is 5.66. The van der Waals surface area contributed by atoms with E-state index in [9.17, 15) is 0 Å². The molecule has 3 aliphatic rings. The van der Waals surface area contributed by atoms with E-state index in [-0.39, 0.29) is 0 Å². The lowest BCUT2D eigenvalue weighted by Crippen LogP contribution is -2.46. The first-order chi connectivity index (χ1) is 11.0. The van der Waals surface area contributed by atoms with Crippen molar-refractivity contribution < 1.29 is 4.74 Å². The standard InChI is InChI=1S/C22H38O/c1-6-16-8-10-19-18(20(16)14-15(3)23-5)12-13-22(4)17(7-2)9-11-21(19)22/h7,15-16,18-21H,6,8-14H2,1-5H3/b17-7-. The van der Waals surface area contributed by atoms with Gasteiger partial charge >= 0.3 is 0 Å². The van der Waals surface area contributed by atoms with Crippen LogP contribution < -0.4 is 0 Å². The van der Waals surface area contributed by atoms with Crippen molar-refractivity contribution in [3.05, 3.63) is 11.6 Å². The van der Waals surface area contributed by atoms with Gasteiger partial charge in [-0.3, -0.25) is 0 Å². The van der Waals surface area contributed by atoms with E-state index in [1.807, 2.05) is 7.11 Å². The molecule has 1 nitrogen and oxygen atoms in total. The molecule has 0 aromatic heterocycles. The van der Waals surface area contributed by atoms with Gasteiger partial charge in [0.25, 0.3) is 0 Å². The van der Waals surface area contributed by atoms with E-state index >= 15 is 0 Å². The molecule has 0 aromatic carbocycles. The molecular weight excluding hydrogens is 280 g/mol. The lowest BCUT2D eigenvalue weighted by Gasteiger charge is -2.54. The van der Waals surface area contributed by atoms with Gasteiger partial charge in [-0.15, -0.1) is 0 Å². The van der Waals surface area contributed by atoms with Gasteiger partial charge in [-0.1, -0.05) is 31.9 Å². The zero-order valence-electron chi connectivity index (χ0n) is 16.1. The predicted octanol–water partition coefficient (Wildman–Crippen LogP) is 6.24. The second-order valence-electron chi connectivity index (χ2n) is 8.93. The molecule has 132 valence electrons. The SMILES string of the molecule is C/C=C1/CCC2C3CCC(CC)C(CC(C)OC)C3CCC12C. The van der Waals surface area contributed by atoms with Gasteiger partial charge in [-0.05, 0) is 93.8 Å². The van der Waals surface area contributed by atoms with Crippen molar-refractivity contribution in [1.82, 2.24) is 0 Å². The predicted molar refractivity (Wildman–Crippen MR) is 98.4 cm³/mol. The Kier molecular flexibility index (Phi) is 5.26. The Bertz CT molecular complexity index is 439. The minimum atomic E-state index is 0.427. The topological polar surface area (TPSA) is 9.23 Å². The van der Waals surface area contributed by atoms with Crippen molar-refractivity contribution in [3.8, 4) is 0 Å². The van der Waals surface area contributed by atoms with E-state index in [1.165, 1.54) is 51.4 Å². The molecule has 0 spiro atoms. The summed E-state index contributed by atoms with van der Waals surface area (Å²) in [6.07, 6.45) is 14.2. The molecule has 7 atom stereocenters. The molecule has 0 radical (unpaired) electrons. The fourth-order valence-electron chi connectivity index (χ4n) is 6.91. The van der Waals surface area contributed by atoms with Crippen LogP contribution >= 0.6 is 0 Å². The molecule has 3 saturated carbocycles. The number of fused-ring (bicyclic) bond motifs is 3. The van der Waals surface area contributed by atoms with Crippen LogP contribution in [0.2, 0.25) is 0 Å². The highest BCUT2D eigenvalue weighted by Gasteiger charge is 2.54. The summed E-state index contributed by atoms with van der Waals surface area (Å²) in [5.74, 6) is 4.78. The maximum absolute atomic E-state index is 5.66. The van der Waals surface area contributed by atoms with Crippen LogP contribution in [0.4, 0.5) is 0 Å². The fourth-order valence-corrected chi connectivity index (χ4v) is 6.91. The van der Waals surface area contributed by atoms with Crippen LogP contribution in [-0.2, 0) is 4.74 Å². The Labute approximate surface area is 144 Å². The summed E-state index contributed by atoms with van der Waals surface area (Å²) in [5.41, 5.74) is 2.31. The first kappa shape index (κ1) is 17.5. The van der Waals surface area contributed by atoms with Crippen molar-refractivity contribution in [2.75, 3.05) is 7.11 Å². The van der Waals surface area contributed by atoms with Gasteiger partial charge in [0.1, 0.15) is 0 Å². The molecule has 3 rings (SSSR count). The monoisotopic (exact) mass is 318 g/mol. The normalized spacial score (nSPS) is 46.5. The van der Waals surface area contributed by atoms with E-state index in [0.29, 0.717) is 11.5 Å². The lowest BCUT2D eigenvalue weighted by molar-refractivity contribution is -0.0462. The molecule has 7 unspecified atom stereocenters. The summed E-state index contributed by atoms with van der Waals surface area (Å²) in [4.78, 5) is 0. The van der Waals surface area contributed by atoms with Crippen molar-refractivity contribution in [2.24, 2.45) is 35.0 Å². The van der Waals surface area contributed by atoms with E-state index in [2.05, 4.69) is 33.8 Å². The summed E-state index contributed by atoms with van der Waals surface area (Å²) in [6.45, 7) is 9.55. The Hall–Kier alpha value is -0.300. The quantitative estimate of drug-likeness (QED) is 0.558. The van der Waals surface area contributed by atoms with Crippen molar-refractivity contribution in [3.63, 3.8) is 0 Å².